The van der Waals surface area contributed by atoms with E-state index >= 15 is 0 Å². The van der Waals surface area contributed by atoms with E-state index < -0.39 is 0 Å². The normalized spacial score (nSPS) is 13.8. The number of ether oxygens (including phenoxy) is 1. The van der Waals surface area contributed by atoms with Gasteiger partial charge in [-0.3, -0.25) is 9.69 Å². The minimum atomic E-state index is -0.103. The number of fused-ring (bicyclic) bond motifs is 2. The number of methoxy groups -OCH3 is 1. The average Bonchev–Trinajstić information content (AvgIpc) is 3.22. The summed E-state index contributed by atoms with van der Waals surface area (Å²) in [6.45, 7) is 5.24. The number of benzene rings is 1. The molecule has 0 fully saturated rings. The van der Waals surface area contributed by atoms with Gasteiger partial charge in [0.2, 0.25) is 0 Å². The summed E-state index contributed by atoms with van der Waals surface area (Å²) in [6, 6.07) is 10.2. The first-order valence-corrected chi connectivity index (χ1v) is 8.75. The summed E-state index contributed by atoms with van der Waals surface area (Å²) >= 11 is 0. The molecule has 2 aromatic heterocycles. The van der Waals surface area contributed by atoms with Crippen LogP contribution in [0, 0.1) is 6.92 Å². The van der Waals surface area contributed by atoms with Crippen molar-refractivity contribution in [3.63, 3.8) is 0 Å². The average molecular weight is 350 g/mol. The topological polar surface area (TPSA) is 58.9 Å². The molecule has 0 unspecified atom stereocenters. The van der Waals surface area contributed by atoms with Crippen molar-refractivity contribution in [3.8, 4) is 5.75 Å². The third kappa shape index (κ3) is 3.15. The molecular weight excluding hydrogens is 328 g/mol. The van der Waals surface area contributed by atoms with Crippen LogP contribution in [0.4, 0.5) is 0 Å². The second-order valence-electron chi connectivity index (χ2n) is 6.65. The number of aryl methyl sites for hydroxylation is 1. The number of hydrogen-bond donors (Lipinski definition) is 1. The van der Waals surface area contributed by atoms with Crippen molar-refractivity contribution in [1.29, 1.82) is 0 Å². The zero-order valence-corrected chi connectivity index (χ0v) is 15.0. The van der Waals surface area contributed by atoms with E-state index in [0.717, 1.165) is 31.0 Å². The Kier molecular flexibility index (Phi) is 4.34. The SMILES string of the molecule is COc1cc(C(=O)NCCN2Cc3ccccc3C2)cn2cc(C)nc12. The number of nitrogens with one attached hydrogen (secondary N) is 1. The lowest BCUT2D eigenvalue weighted by Gasteiger charge is -2.15. The Morgan fingerprint density at radius 2 is 1.96 bits per heavy atom. The minimum absolute atomic E-state index is 0.103. The number of imidazole rings is 1. The highest BCUT2D eigenvalue weighted by Gasteiger charge is 2.18. The predicted molar refractivity (Wildman–Crippen MR) is 99.4 cm³/mol. The van der Waals surface area contributed by atoms with E-state index in [4.69, 9.17) is 4.74 Å². The summed E-state index contributed by atoms with van der Waals surface area (Å²) in [5.41, 5.74) is 4.93. The zero-order chi connectivity index (χ0) is 18.1. The highest BCUT2D eigenvalue weighted by molar-refractivity contribution is 5.95. The quantitative estimate of drug-likeness (QED) is 0.768. The first-order valence-electron chi connectivity index (χ1n) is 8.75. The molecule has 0 saturated carbocycles. The lowest BCUT2D eigenvalue weighted by Crippen LogP contribution is -2.32. The summed E-state index contributed by atoms with van der Waals surface area (Å²) in [4.78, 5) is 19.3. The van der Waals surface area contributed by atoms with E-state index in [1.807, 2.05) is 17.5 Å². The van der Waals surface area contributed by atoms with Gasteiger partial charge in [-0.15, -0.1) is 0 Å². The first-order chi connectivity index (χ1) is 12.6. The number of aromatic nitrogens is 2. The fraction of sp³-hybridized carbons (Fsp3) is 0.300. The van der Waals surface area contributed by atoms with Crippen LogP contribution in [0.25, 0.3) is 5.65 Å². The van der Waals surface area contributed by atoms with Crippen LogP contribution in [0.1, 0.15) is 27.2 Å². The largest absolute Gasteiger partial charge is 0.493 e. The Hall–Kier alpha value is -2.86. The molecule has 26 heavy (non-hydrogen) atoms. The van der Waals surface area contributed by atoms with Crippen LogP contribution in [-0.4, -0.2) is 40.4 Å². The molecule has 0 aliphatic carbocycles. The van der Waals surface area contributed by atoms with Crippen molar-refractivity contribution in [2.24, 2.45) is 0 Å². The Bertz CT molecular complexity index is 939. The van der Waals surface area contributed by atoms with E-state index in [0.29, 0.717) is 17.9 Å². The van der Waals surface area contributed by atoms with Crippen LogP contribution in [0.5, 0.6) is 5.75 Å². The smallest absolute Gasteiger partial charge is 0.252 e. The van der Waals surface area contributed by atoms with Gasteiger partial charge in [0.1, 0.15) is 0 Å². The molecule has 6 nitrogen and oxygen atoms in total. The number of rotatable bonds is 5. The molecule has 1 amide bonds. The fourth-order valence-corrected chi connectivity index (χ4v) is 3.46. The molecule has 0 saturated heterocycles. The van der Waals surface area contributed by atoms with Gasteiger partial charge < -0.3 is 14.5 Å². The van der Waals surface area contributed by atoms with Crippen LogP contribution < -0.4 is 10.1 Å². The standard InChI is InChI=1S/C20H22N4O2/c1-14-10-24-13-17(9-18(26-2)19(24)22-14)20(25)21-7-8-23-11-15-5-3-4-6-16(15)12-23/h3-6,9-10,13H,7-8,11-12H2,1-2H3,(H,21,25). The lowest BCUT2D eigenvalue weighted by atomic mass is 10.1. The van der Waals surface area contributed by atoms with Crippen molar-refractivity contribution in [3.05, 3.63) is 65.1 Å². The molecule has 3 heterocycles. The third-order valence-corrected chi connectivity index (χ3v) is 4.74. The number of hydrogen-bond acceptors (Lipinski definition) is 4. The van der Waals surface area contributed by atoms with Gasteiger partial charge in [-0.05, 0) is 24.1 Å². The van der Waals surface area contributed by atoms with Gasteiger partial charge in [-0.25, -0.2) is 4.98 Å². The maximum Gasteiger partial charge on any atom is 0.252 e. The van der Waals surface area contributed by atoms with Crippen molar-refractivity contribution in [1.82, 2.24) is 19.6 Å². The Morgan fingerprint density at radius 1 is 1.23 bits per heavy atom. The van der Waals surface area contributed by atoms with E-state index in [-0.39, 0.29) is 5.91 Å². The van der Waals surface area contributed by atoms with Gasteiger partial charge in [0.05, 0.1) is 18.4 Å². The number of amides is 1. The summed E-state index contributed by atoms with van der Waals surface area (Å²) < 4.78 is 7.22. The van der Waals surface area contributed by atoms with Gasteiger partial charge in [0, 0.05) is 38.6 Å². The molecule has 4 rings (SSSR count). The Labute approximate surface area is 152 Å². The zero-order valence-electron chi connectivity index (χ0n) is 15.0. The first kappa shape index (κ1) is 16.6. The van der Waals surface area contributed by atoms with Crippen molar-refractivity contribution in [2.75, 3.05) is 20.2 Å². The van der Waals surface area contributed by atoms with Crippen LogP contribution in [0.3, 0.4) is 0 Å². The van der Waals surface area contributed by atoms with Crippen LogP contribution in [0.15, 0.2) is 42.7 Å². The van der Waals surface area contributed by atoms with Crippen molar-refractivity contribution in [2.45, 2.75) is 20.0 Å². The highest BCUT2D eigenvalue weighted by atomic mass is 16.5. The maximum atomic E-state index is 12.5. The van der Waals surface area contributed by atoms with Crippen LogP contribution in [-0.2, 0) is 13.1 Å². The van der Waals surface area contributed by atoms with E-state index in [1.165, 1.54) is 11.1 Å². The Morgan fingerprint density at radius 3 is 2.65 bits per heavy atom. The molecule has 0 radical (unpaired) electrons. The summed E-state index contributed by atoms with van der Waals surface area (Å²) in [6.07, 6.45) is 3.68. The third-order valence-electron chi connectivity index (χ3n) is 4.74. The summed E-state index contributed by atoms with van der Waals surface area (Å²) in [7, 11) is 1.59. The molecule has 1 N–H and O–H groups in total. The summed E-state index contributed by atoms with van der Waals surface area (Å²) in [5.74, 6) is 0.494. The van der Waals surface area contributed by atoms with Crippen LogP contribution in [0.2, 0.25) is 0 Å². The van der Waals surface area contributed by atoms with E-state index in [2.05, 4.69) is 39.5 Å². The monoisotopic (exact) mass is 350 g/mol. The molecule has 1 aliphatic rings. The number of carbonyl (C=O) groups excluding carboxylic acids is 1. The van der Waals surface area contributed by atoms with E-state index in [9.17, 15) is 4.79 Å². The highest BCUT2D eigenvalue weighted by Crippen LogP contribution is 2.22. The molecule has 0 bridgehead atoms. The minimum Gasteiger partial charge on any atom is -0.493 e. The summed E-state index contributed by atoms with van der Waals surface area (Å²) in [5, 5.41) is 3.01. The van der Waals surface area contributed by atoms with Crippen LogP contribution >= 0.6 is 0 Å². The molecular formula is C20H22N4O2. The molecule has 0 atom stereocenters. The van der Waals surface area contributed by atoms with Gasteiger partial charge in [0.15, 0.2) is 11.4 Å². The molecule has 6 heteroatoms. The Balaban J connectivity index is 1.39. The van der Waals surface area contributed by atoms with Crippen molar-refractivity contribution >= 4 is 11.6 Å². The number of pyridine rings is 1. The van der Waals surface area contributed by atoms with Crippen molar-refractivity contribution < 1.29 is 9.53 Å². The molecule has 1 aliphatic heterocycles. The second kappa shape index (κ2) is 6.80. The molecule has 0 spiro atoms. The van der Waals surface area contributed by atoms with Gasteiger partial charge in [-0.1, -0.05) is 24.3 Å². The van der Waals surface area contributed by atoms with E-state index in [1.54, 1.807) is 19.4 Å². The van der Waals surface area contributed by atoms with Gasteiger partial charge in [-0.2, -0.15) is 0 Å². The van der Waals surface area contributed by atoms with Gasteiger partial charge in [0.25, 0.3) is 5.91 Å². The fourth-order valence-electron chi connectivity index (χ4n) is 3.46. The molecule has 3 aromatic rings. The molecule has 1 aromatic carbocycles. The second-order valence-corrected chi connectivity index (χ2v) is 6.65. The number of carbonyl (C=O) groups is 1. The lowest BCUT2D eigenvalue weighted by molar-refractivity contribution is 0.0947. The number of nitrogens with zero attached hydrogens (tertiary/aromatic N) is 3. The predicted octanol–water partition coefficient (Wildman–Crippen LogP) is 2.40. The maximum absolute atomic E-state index is 12.5. The molecule has 134 valence electrons. The van der Waals surface area contributed by atoms with Gasteiger partial charge >= 0.3 is 0 Å².